The Hall–Kier alpha value is -2.66. The van der Waals surface area contributed by atoms with Crippen LogP contribution in [0.2, 0.25) is 0 Å². The normalized spacial score (nSPS) is 20.2. The lowest BCUT2D eigenvalue weighted by molar-refractivity contribution is 0.229. The van der Waals surface area contributed by atoms with Crippen molar-refractivity contribution in [1.29, 1.82) is 0 Å². The highest BCUT2D eigenvalue weighted by Crippen LogP contribution is 2.21. The Bertz CT molecular complexity index is 728. The quantitative estimate of drug-likeness (QED) is 0.734. The van der Waals surface area contributed by atoms with Crippen molar-refractivity contribution in [1.82, 2.24) is 15.6 Å². The summed E-state index contributed by atoms with van der Waals surface area (Å²) in [7, 11) is 0. The number of urea groups is 1. The van der Waals surface area contributed by atoms with E-state index in [1.807, 2.05) is 55.5 Å². The number of amides is 2. The van der Waals surface area contributed by atoms with Crippen LogP contribution in [0.5, 0.6) is 0 Å². The summed E-state index contributed by atoms with van der Waals surface area (Å²) in [6.07, 6.45) is 8.19. The number of benzene rings is 1. The Labute approximate surface area is 147 Å². The van der Waals surface area contributed by atoms with Gasteiger partial charge in [-0.05, 0) is 42.2 Å². The summed E-state index contributed by atoms with van der Waals surface area (Å²) >= 11 is 0. The molecule has 1 heterocycles. The van der Waals surface area contributed by atoms with E-state index in [2.05, 4.69) is 15.6 Å². The van der Waals surface area contributed by atoms with Crippen LogP contribution in [0.25, 0.3) is 11.1 Å². The molecule has 5 nitrogen and oxygen atoms in total. The first-order chi connectivity index (χ1) is 12.2. The molecule has 0 saturated carbocycles. The molecule has 2 aromatic rings. The molecule has 0 bridgehead atoms. The van der Waals surface area contributed by atoms with E-state index < -0.39 is 0 Å². The second-order valence-corrected chi connectivity index (χ2v) is 6.37. The van der Waals surface area contributed by atoms with Crippen LogP contribution >= 0.6 is 0 Å². The first kappa shape index (κ1) is 17.2. The van der Waals surface area contributed by atoms with Crippen molar-refractivity contribution in [2.75, 3.05) is 6.61 Å². The van der Waals surface area contributed by atoms with Gasteiger partial charge in [0.2, 0.25) is 0 Å². The monoisotopic (exact) mass is 337 g/mol. The molecule has 130 valence electrons. The topological polar surface area (TPSA) is 74.2 Å². The molecule has 0 radical (unpaired) electrons. The average Bonchev–Trinajstić information content (AvgIpc) is 3.10. The van der Waals surface area contributed by atoms with E-state index in [0.29, 0.717) is 0 Å². The Morgan fingerprint density at radius 2 is 1.84 bits per heavy atom. The third-order valence-electron chi connectivity index (χ3n) is 4.50. The second kappa shape index (κ2) is 7.94. The molecule has 2 amide bonds. The number of pyridine rings is 1. The molecule has 3 atom stereocenters. The number of rotatable bonds is 5. The Kier molecular flexibility index (Phi) is 5.46. The SMILES string of the molecule is CC(NC(=O)N[C@@H]1C=C[C@H](CO)C1)c1ccc(-c2ccncc2)cc1. The van der Waals surface area contributed by atoms with Crippen LogP contribution in [0.3, 0.4) is 0 Å². The molecule has 25 heavy (non-hydrogen) atoms. The van der Waals surface area contributed by atoms with Gasteiger partial charge in [-0.3, -0.25) is 4.98 Å². The number of aliphatic hydroxyl groups is 1. The summed E-state index contributed by atoms with van der Waals surface area (Å²) < 4.78 is 0. The molecule has 0 spiro atoms. The molecule has 5 heteroatoms. The van der Waals surface area contributed by atoms with Crippen molar-refractivity contribution in [3.63, 3.8) is 0 Å². The summed E-state index contributed by atoms with van der Waals surface area (Å²) in [5.74, 6) is 0.142. The van der Waals surface area contributed by atoms with Crippen LogP contribution in [0.1, 0.15) is 24.9 Å². The van der Waals surface area contributed by atoms with Gasteiger partial charge in [-0.2, -0.15) is 0 Å². The van der Waals surface area contributed by atoms with Crippen LogP contribution in [0.4, 0.5) is 4.79 Å². The van der Waals surface area contributed by atoms with Gasteiger partial charge in [-0.15, -0.1) is 0 Å². The minimum atomic E-state index is -0.195. The summed E-state index contributed by atoms with van der Waals surface area (Å²) in [4.78, 5) is 16.2. The summed E-state index contributed by atoms with van der Waals surface area (Å²) in [6, 6.07) is 11.8. The maximum absolute atomic E-state index is 12.1. The molecule has 1 aliphatic carbocycles. The minimum Gasteiger partial charge on any atom is -0.396 e. The van der Waals surface area contributed by atoms with E-state index in [1.165, 1.54) is 0 Å². The summed E-state index contributed by atoms with van der Waals surface area (Å²) in [5, 5.41) is 15.0. The van der Waals surface area contributed by atoms with Gasteiger partial charge in [0.25, 0.3) is 0 Å². The highest BCUT2D eigenvalue weighted by molar-refractivity contribution is 5.75. The van der Waals surface area contributed by atoms with Crippen molar-refractivity contribution >= 4 is 6.03 Å². The van der Waals surface area contributed by atoms with E-state index in [4.69, 9.17) is 5.11 Å². The van der Waals surface area contributed by atoms with Gasteiger partial charge >= 0.3 is 6.03 Å². The van der Waals surface area contributed by atoms with Gasteiger partial charge in [-0.1, -0.05) is 36.4 Å². The maximum atomic E-state index is 12.1. The molecule has 1 aromatic carbocycles. The average molecular weight is 337 g/mol. The molecular weight excluding hydrogens is 314 g/mol. The molecule has 0 fully saturated rings. The lowest BCUT2D eigenvalue weighted by Crippen LogP contribution is -2.41. The van der Waals surface area contributed by atoms with Crippen LogP contribution in [0.15, 0.2) is 60.9 Å². The summed E-state index contributed by atoms with van der Waals surface area (Å²) in [6.45, 7) is 2.08. The molecule has 0 aliphatic heterocycles. The zero-order valence-corrected chi connectivity index (χ0v) is 14.2. The number of hydrogen-bond acceptors (Lipinski definition) is 3. The molecule has 1 unspecified atom stereocenters. The minimum absolute atomic E-state index is 0.0154. The standard InChI is InChI=1S/C20H23N3O2/c1-14(22-20(25)23-19-7-2-15(12-19)13-24)16-3-5-17(6-4-16)18-8-10-21-11-9-18/h2-11,14-15,19,24H,12-13H2,1H3,(H2,22,23,25)/t14?,15-,19+/m0/s1. The first-order valence-electron chi connectivity index (χ1n) is 8.52. The van der Waals surface area contributed by atoms with Crippen molar-refractivity contribution in [3.05, 3.63) is 66.5 Å². The lowest BCUT2D eigenvalue weighted by atomic mass is 10.0. The fraction of sp³-hybridized carbons (Fsp3) is 0.300. The third kappa shape index (κ3) is 4.45. The molecule has 3 rings (SSSR count). The van der Waals surface area contributed by atoms with E-state index >= 15 is 0 Å². The zero-order chi connectivity index (χ0) is 17.6. The number of carbonyl (C=O) groups is 1. The van der Waals surface area contributed by atoms with Gasteiger partial charge in [0, 0.05) is 31.0 Å². The van der Waals surface area contributed by atoms with E-state index in [9.17, 15) is 4.79 Å². The Balaban J connectivity index is 1.55. The molecular formula is C20H23N3O2. The predicted octanol–water partition coefficient (Wildman–Crippen LogP) is 3.05. The number of carbonyl (C=O) groups excluding carboxylic acids is 1. The fourth-order valence-electron chi connectivity index (χ4n) is 3.02. The van der Waals surface area contributed by atoms with Crippen molar-refractivity contribution in [3.8, 4) is 11.1 Å². The van der Waals surface area contributed by atoms with E-state index in [-0.39, 0.29) is 30.6 Å². The molecule has 3 N–H and O–H groups in total. The van der Waals surface area contributed by atoms with Crippen molar-refractivity contribution in [2.45, 2.75) is 25.4 Å². The predicted molar refractivity (Wildman–Crippen MR) is 97.9 cm³/mol. The highest BCUT2D eigenvalue weighted by atomic mass is 16.3. The van der Waals surface area contributed by atoms with Gasteiger partial charge in [0.1, 0.15) is 0 Å². The van der Waals surface area contributed by atoms with Gasteiger partial charge in [-0.25, -0.2) is 4.79 Å². The molecule has 0 saturated heterocycles. The van der Waals surface area contributed by atoms with Crippen LogP contribution in [0, 0.1) is 5.92 Å². The van der Waals surface area contributed by atoms with Crippen molar-refractivity contribution < 1.29 is 9.90 Å². The smallest absolute Gasteiger partial charge is 0.315 e. The van der Waals surface area contributed by atoms with Crippen LogP contribution in [-0.2, 0) is 0 Å². The third-order valence-corrected chi connectivity index (χ3v) is 4.50. The largest absolute Gasteiger partial charge is 0.396 e. The van der Waals surface area contributed by atoms with Crippen molar-refractivity contribution in [2.24, 2.45) is 5.92 Å². The highest BCUT2D eigenvalue weighted by Gasteiger charge is 2.20. The zero-order valence-electron chi connectivity index (χ0n) is 14.2. The Morgan fingerprint density at radius 3 is 2.48 bits per heavy atom. The Morgan fingerprint density at radius 1 is 1.16 bits per heavy atom. The molecule has 1 aliphatic rings. The van der Waals surface area contributed by atoms with Crippen LogP contribution < -0.4 is 10.6 Å². The van der Waals surface area contributed by atoms with Gasteiger partial charge in [0.15, 0.2) is 0 Å². The number of hydrogen-bond donors (Lipinski definition) is 3. The lowest BCUT2D eigenvalue weighted by Gasteiger charge is -2.18. The maximum Gasteiger partial charge on any atom is 0.315 e. The van der Waals surface area contributed by atoms with Gasteiger partial charge in [0.05, 0.1) is 6.04 Å². The number of aliphatic hydroxyl groups excluding tert-OH is 1. The van der Waals surface area contributed by atoms with Crippen LogP contribution in [-0.4, -0.2) is 28.8 Å². The number of nitrogens with one attached hydrogen (secondary N) is 2. The van der Waals surface area contributed by atoms with E-state index in [1.54, 1.807) is 12.4 Å². The fourth-order valence-corrected chi connectivity index (χ4v) is 3.02. The summed E-state index contributed by atoms with van der Waals surface area (Å²) in [5.41, 5.74) is 3.28. The molecule has 1 aromatic heterocycles. The second-order valence-electron chi connectivity index (χ2n) is 6.37. The van der Waals surface area contributed by atoms with E-state index in [0.717, 1.165) is 23.1 Å². The number of nitrogens with zero attached hydrogens (tertiary/aromatic N) is 1. The van der Waals surface area contributed by atoms with Gasteiger partial charge < -0.3 is 15.7 Å². The first-order valence-corrected chi connectivity index (χ1v) is 8.52. The number of aromatic nitrogens is 1.